The molecule has 98 valence electrons. The molecule has 5 heteroatoms. The normalized spacial score (nSPS) is 12.2. The van der Waals surface area contributed by atoms with E-state index in [1.54, 1.807) is 6.20 Å². The fourth-order valence-electron chi connectivity index (χ4n) is 2.03. The Kier molecular flexibility index (Phi) is 2.62. The molecule has 1 N–H and O–H groups in total. The Morgan fingerprint density at radius 1 is 1.21 bits per heavy atom. The number of nitrogens with zero attached hydrogens (tertiary/aromatic N) is 3. The van der Waals surface area contributed by atoms with Crippen LogP contribution in [0.25, 0.3) is 22.5 Å². The summed E-state index contributed by atoms with van der Waals surface area (Å²) < 4.78 is 5.76. The summed E-state index contributed by atoms with van der Waals surface area (Å²) >= 11 is 0. The number of H-pyrrole nitrogens is 1. The fraction of sp³-hybridized carbons (Fsp3) is 0.357. The minimum Gasteiger partial charge on any atom is -0.421 e. The van der Waals surface area contributed by atoms with Crippen LogP contribution in [0, 0.1) is 5.41 Å². The SMILES string of the molecule is CC(C)(C)Cc1nnc(-c2ccnc3[nH]ccc23)o1. The summed E-state index contributed by atoms with van der Waals surface area (Å²) in [6.07, 6.45) is 4.36. The average Bonchev–Trinajstić information content (AvgIpc) is 2.94. The van der Waals surface area contributed by atoms with Gasteiger partial charge in [-0.1, -0.05) is 20.8 Å². The van der Waals surface area contributed by atoms with Gasteiger partial charge in [0.05, 0.1) is 5.56 Å². The van der Waals surface area contributed by atoms with Gasteiger partial charge in [-0.15, -0.1) is 10.2 Å². The summed E-state index contributed by atoms with van der Waals surface area (Å²) in [5.41, 5.74) is 1.87. The van der Waals surface area contributed by atoms with Crippen LogP contribution in [0.15, 0.2) is 28.9 Å². The van der Waals surface area contributed by atoms with E-state index in [0.29, 0.717) is 11.8 Å². The molecule has 5 nitrogen and oxygen atoms in total. The summed E-state index contributed by atoms with van der Waals surface area (Å²) in [5, 5.41) is 9.26. The van der Waals surface area contributed by atoms with Crippen molar-refractivity contribution in [2.45, 2.75) is 27.2 Å². The van der Waals surface area contributed by atoms with Gasteiger partial charge in [0.1, 0.15) is 5.65 Å². The average molecular weight is 256 g/mol. The molecule has 0 aromatic carbocycles. The van der Waals surface area contributed by atoms with Gasteiger partial charge in [-0.05, 0) is 17.5 Å². The summed E-state index contributed by atoms with van der Waals surface area (Å²) in [5.74, 6) is 1.22. The molecular weight excluding hydrogens is 240 g/mol. The first-order chi connectivity index (χ1) is 9.03. The van der Waals surface area contributed by atoms with Crippen molar-refractivity contribution < 1.29 is 4.42 Å². The fourth-order valence-corrected chi connectivity index (χ4v) is 2.03. The molecule has 3 rings (SSSR count). The summed E-state index contributed by atoms with van der Waals surface area (Å²) in [6, 6.07) is 3.86. The topological polar surface area (TPSA) is 67.6 Å². The summed E-state index contributed by atoms with van der Waals surface area (Å²) in [4.78, 5) is 7.32. The Morgan fingerprint density at radius 3 is 2.84 bits per heavy atom. The molecule has 0 spiro atoms. The van der Waals surface area contributed by atoms with Crippen LogP contribution in [0.2, 0.25) is 0 Å². The second kappa shape index (κ2) is 4.19. The maximum atomic E-state index is 5.76. The van der Waals surface area contributed by atoms with E-state index in [1.807, 2.05) is 18.3 Å². The number of aromatic nitrogens is 4. The standard InChI is InChI=1S/C14H16N4O/c1-14(2,3)8-11-17-18-13(19-11)10-5-7-16-12-9(10)4-6-15-12/h4-7H,8H2,1-3H3,(H,15,16). The maximum absolute atomic E-state index is 5.76. The van der Waals surface area contributed by atoms with Crippen molar-refractivity contribution in [3.8, 4) is 11.5 Å². The highest BCUT2D eigenvalue weighted by Gasteiger charge is 2.18. The largest absolute Gasteiger partial charge is 0.421 e. The van der Waals surface area contributed by atoms with Crippen LogP contribution in [-0.2, 0) is 6.42 Å². The van der Waals surface area contributed by atoms with Gasteiger partial charge >= 0.3 is 0 Å². The van der Waals surface area contributed by atoms with E-state index in [2.05, 4.69) is 40.9 Å². The van der Waals surface area contributed by atoms with Crippen molar-refractivity contribution in [1.82, 2.24) is 20.2 Å². The molecule has 0 radical (unpaired) electrons. The lowest BCUT2D eigenvalue weighted by Gasteiger charge is -2.14. The number of rotatable bonds is 2. The number of hydrogen-bond acceptors (Lipinski definition) is 4. The lowest BCUT2D eigenvalue weighted by Crippen LogP contribution is -2.09. The predicted molar refractivity (Wildman–Crippen MR) is 72.5 cm³/mol. The van der Waals surface area contributed by atoms with Crippen LogP contribution in [0.5, 0.6) is 0 Å². The second-order valence-electron chi connectivity index (χ2n) is 5.84. The van der Waals surface area contributed by atoms with Crippen molar-refractivity contribution in [3.05, 3.63) is 30.4 Å². The van der Waals surface area contributed by atoms with Crippen molar-refractivity contribution in [2.24, 2.45) is 5.41 Å². The number of aromatic amines is 1. The first-order valence-corrected chi connectivity index (χ1v) is 6.28. The number of fused-ring (bicyclic) bond motifs is 1. The molecule has 3 heterocycles. The van der Waals surface area contributed by atoms with Gasteiger partial charge < -0.3 is 9.40 Å². The highest BCUT2D eigenvalue weighted by molar-refractivity contribution is 5.90. The molecule has 0 atom stereocenters. The van der Waals surface area contributed by atoms with Crippen LogP contribution in [0.4, 0.5) is 0 Å². The van der Waals surface area contributed by atoms with Gasteiger partial charge in [-0.2, -0.15) is 0 Å². The molecule has 0 saturated carbocycles. The predicted octanol–water partition coefficient (Wildman–Crippen LogP) is 3.20. The van der Waals surface area contributed by atoms with E-state index < -0.39 is 0 Å². The minimum atomic E-state index is 0.130. The quantitative estimate of drug-likeness (QED) is 0.764. The monoisotopic (exact) mass is 256 g/mol. The minimum absolute atomic E-state index is 0.130. The lowest BCUT2D eigenvalue weighted by atomic mass is 9.92. The Bertz CT molecular complexity index is 705. The highest BCUT2D eigenvalue weighted by atomic mass is 16.4. The summed E-state index contributed by atoms with van der Waals surface area (Å²) in [7, 11) is 0. The molecule has 0 fully saturated rings. The molecule has 0 bridgehead atoms. The van der Waals surface area contributed by atoms with Gasteiger partial charge in [-0.3, -0.25) is 0 Å². The molecule has 0 saturated heterocycles. The zero-order chi connectivity index (χ0) is 13.5. The third kappa shape index (κ3) is 2.36. The Hall–Kier alpha value is -2.17. The Balaban J connectivity index is 2.01. The number of pyridine rings is 1. The van der Waals surface area contributed by atoms with Crippen molar-refractivity contribution in [3.63, 3.8) is 0 Å². The highest BCUT2D eigenvalue weighted by Crippen LogP contribution is 2.27. The molecule has 19 heavy (non-hydrogen) atoms. The lowest BCUT2D eigenvalue weighted by molar-refractivity contribution is 0.357. The van der Waals surface area contributed by atoms with E-state index in [-0.39, 0.29) is 5.41 Å². The smallest absolute Gasteiger partial charge is 0.248 e. The van der Waals surface area contributed by atoms with Gasteiger partial charge in [0.25, 0.3) is 0 Å². The van der Waals surface area contributed by atoms with Gasteiger partial charge in [0, 0.05) is 24.2 Å². The van der Waals surface area contributed by atoms with E-state index in [9.17, 15) is 0 Å². The molecule has 0 aliphatic rings. The molecular formula is C14H16N4O. The van der Waals surface area contributed by atoms with Crippen LogP contribution in [-0.4, -0.2) is 20.2 Å². The van der Waals surface area contributed by atoms with Crippen LogP contribution in [0.3, 0.4) is 0 Å². The van der Waals surface area contributed by atoms with E-state index in [0.717, 1.165) is 23.0 Å². The van der Waals surface area contributed by atoms with E-state index >= 15 is 0 Å². The number of nitrogens with one attached hydrogen (secondary N) is 1. The molecule has 3 aromatic rings. The molecule has 0 amide bonds. The van der Waals surface area contributed by atoms with Gasteiger partial charge in [0.15, 0.2) is 0 Å². The van der Waals surface area contributed by atoms with Gasteiger partial charge in [0.2, 0.25) is 11.8 Å². The third-order valence-electron chi connectivity index (χ3n) is 2.84. The Morgan fingerprint density at radius 2 is 2.05 bits per heavy atom. The zero-order valence-electron chi connectivity index (χ0n) is 11.3. The second-order valence-corrected chi connectivity index (χ2v) is 5.84. The van der Waals surface area contributed by atoms with Crippen molar-refractivity contribution in [2.75, 3.05) is 0 Å². The van der Waals surface area contributed by atoms with Crippen molar-refractivity contribution in [1.29, 1.82) is 0 Å². The molecule has 3 aromatic heterocycles. The summed E-state index contributed by atoms with van der Waals surface area (Å²) in [6.45, 7) is 6.44. The van der Waals surface area contributed by atoms with Gasteiger partial charge in [-0.25, -0.2) is 4.98 Å². The molecule has 0 unspecified atom stereocenters. The van der Waals surface area contributed by atoms with E-state index in [4.69, 9.17) is 4.42 Å². The first kappa shape index (κ1) is 11.9. The van der Waals surface area contributed by atoms with Crippen LogP contribution in [0.1, 0.15) is 26.7 Å². The first-order valence-electron chi connectivity index (χ1n) is 6.28. The zero-order valence-corrected chi connectivity index (χ0v) is 11.3. The third-order valence-corrected chi connectivity index (χ3v) is 2.84. The van der Waals surface area contributed by atoms with Crippen LogP contribution < -0.4 is 0 Å². The van der Waals surface area contributed by atoms with Crippen LogP contribution >= 0.6 is 0 Å². The Labute approximate surface area is 111 Å². The number of hydrogen-bond donors (Lipinski definition) is 1. The molecule has 0 aliphatic carbocycles. The molecule has 0 aliphatic heterocycles. The van der Waals surface area contributed by atoms with Crippen molar-refractivity contribution >= 4 is 11.0 Å². The van der Waals surface area contributed by atoms with E-state index in [1.165, 1.54) is 0 Å². The maximum Gasteiger partial charge on any atom is 0.248 e.